The van der Waals surface area contributed by atoms with Crippen molar-refractivity contribution < 1.29 is 5.11 Å². The Balaban J connectivity index is 2.29. The quantitative estimate of drug-likeness (QED) is 0.579. The maximum atomic E-state index is 10.0. The summed E-state index contributed by atoms with van der Waals surface area (Å²) in [7, 11) is 0. The van der Waals surface area contributed by atoms with Gasteiger partial charge >= 0.3 is 0 Å². The molecule has 2 rings (SSSR count). The lowest BCUT2D eigenvalue weighted by Crippen LogP contribution is -2.24. The Morgan fingerprint density at radius 2 is 1.88 bits per heavy atom. The van der Waals surface area contributed by atoms with Gasteiger partial charge in [0.15, 0.2) is 0 Å². The van der Waals surface area contributed by atoms with Crippen LogP contribution in [0.5, 0.6) is 5.75 Å². The summed E-state index contributed by atoms with van der Waals surface area (Å²) in [6.45, 7) is 0. The molecule has 1 atom stereocenters. The zero-order chi connectivity index (χ0) is 12.4. The molecule has 0 aliphatic heterocycles. The number of nitrogen functional groups attached to an aromatic ring is 1. The molecule has 1 aromatic carbocycles. The molecule has 1 fully saturated rings. The number of hydrogen-bond acceptors (Lipinski definition) is 3. The molecular formula is C13H19BrN2O. The monoisotopic (exact) mass is 298 g/mol. The number of rotatable bonds is 2. The van der Waals surface area contributed by atoms with E-state index in [2.05, 4.69) is 15.9 Å². The van der Waals surface area contributed by atoms with Gasteiger partial charge in [-0.2, -0.15) is 0 Å². The summed E-state index contributed by atoms with van der Waals surface area (Å²) in [4.78, 5) is 0. The van der Waals surface area contributed by atoms with Crippen molar-refractivity contribution in [1.82, 2.24) is 0 Å². The number of phenolic OH excluding ortho intramolecular Hbond substituents is 1. The molecule has 1 aromatic rings. The third kappa shape index (κ3) is 2.58. The fourth-order valence-corrected chi connectivity index (χ4v) is 3.23. The largest absolute Gasteiger partial charge is 0.505 e. The van der Waals surface area contributed by atoms with Crippen LogP contribution in [-0.2, 0) is 0 Å². The van der Waals surface area contributed by atoms with E-state index >= 15 is 0 Å². The van der Waals surface area contributed by atoms with Crippen LogP contribution in [0.1, 0.15) is 43.7 Å². The lowest BCUT2D eigenvalue weighted by molar-refractivity contribution is 0.302. The molecule has 0 aromatic heterocycles. The first-order chi connectivity index (χ1) is 8.11. The number of halogens is 1. The lowest BCUT2D eigenvalue weighted by atomic mass is 9.81. The molecule has 3 nitrogen and oxygen atoms in total. The fourth-order valence-electron chi connectivity index (χ4n) is 2.65. The van der Waals surface area contributed by atoms with Crippen LogP contribution in [0.3, 0.4) is 0 Å². The summed E-state index contributed by atoms with van der Waals surface area (Å²) in [5.41, 5.74) is 13.2. The summed E-state index contributed by atoms with van der Waals surface area (Å²) < 4.78 is 0.849. The van der Waals surface area contributed by atoms with Gasteiger partial charge in [-0.05, 0) is 30.9 Å². The second-order valence-corrected chi connectivity index (χ2v) is 5.68. The number of anilines is 1. The maximum Gasteiger partial charge on any atom is 0.144 e. The second-order valence-electron chi connectivity index (χ2n) is 4.82. The van der Waals surface area contributed by atoms with Crippen molar-refractivity contribution in [2.75, 3.05) is 5.73 Å². The lowest BCUT2D eigenvalue weighted by Gasteiger charge is -2.29. The third-order valence-corrected chi connectivity index (χ3v) is 4.38. The van der Waals surface area contributed by atoms with Gasteiger partial charge in [-0.3, -0.25) is 0 Å². The first-order valence-electron chi connectivity index (χ1n) is 6.13. The standard InChI is InChI=1S/C13H19BrN2O/c14-9-6-7-10(15)13(17)11(9)12(16)8-4-2-1-3-5-8/h6-8,12,17H,1-5,15-16H2/t12-/m0/s1. The van der Waals surface area contributed by atoms with Gasteiger partial charge in [0.2, 0.25) is 0 Å². The Bertz CT molecular complexity index is 403. The van der Waals surface area contributed by atoms with E-state index in [1.54, 1.807) is 6.07 Å². The van der Waals surface area contributed by atoms with Crippen molar-refractivity contribution in [2.45, 2.75) is 38.1 Å². The molecule has 94 valence electrons. The van der Waals surface area contributed by atoms with Crippen molar-refractivity contribution in [3.8, 4) is 5.75 Å². The minimum Gasteiger partial charge on any atom is -0.505 e. The molecule has 0 unspecified atom stereocenters. The SMILES string of the molecule is Nc1ccc(Br)c([C@@H](N)C2CCCCC2)c1O. The van der Waals surface area contributed by atoms with Gasteiger partial charge in [0.1, 0.15) is 5.75 Å². The van der Waals surface area contributed by atoms with Crippen LogP contribution in [0, 0.1) is 5.92 Å². The number of hydrogen-bond donors (Lipinski definition) is 3. The number of phenols is 1. The Labute approximate surface area is 110 Å². The third-order valence-electron chi connectivity index (χ3n) is 3.69. The molecular weight excluding hydrogens is 280 g/mol. The first kappa shape index (κ1) is 12.7. The number of nitrogens with two attached hydrogens (primary N) is 2. The summed E-state index contributed by atoms with van der Waals surface area (Å²) >= 11 is 3.45. The minimum absolute atomic E-state index is 0.131. The highest BCUT2D eigenvalue weighted by Crippen LogP contribution is 2.41. The van der Waals surface area contributed by atoms with Crippen LogP contribution in [0.4, 0.5) is 5.69 Å². The molecule has 0 saturated heterocycles. The van der Waals surface area contributed by atoms with E-state index in [9.17, 15) is 5.11 Å². The van der Waals surface area contributed by atoms with Crippen molar-refractivity contribution in [1.29, 1.82) is 0 Å². The Morgan fingerprint density at radius 1 is 1.24 bits per heavy atom. The molecule has 0 bridgehead atoms. The van der Waals surface area contributed by atoms with E-state index < -0.39 is 0 Å². The van der Waals surface area contributed by atoms with Crippen LogP contribution >= 0.6 is 15.9 Å². The summed E-state index contributed by atoms with van der Waals surface area (Å²) in [6, 6.07) is 3.41. The zero-order valence-electron chi connectivity index (χ0n) is 9.82. The molecule has 1 aliphatic carbocycles. The van der Waals surface area contributed by atoms with Gasteiger partial charge in [0.05, 0.1) is 5.69 Å². The Morgan fingerprint density at radius 3 is 2.53 bits per heavy atom. The van der Waals surface area contributed by atoms with Crippen LogP contribution in [0.2, 0.25) is 0 Å². The molecule has 4 heteroatoms. The summed E-state index contributed by atoms with van der Waals surface area (Å²) in [5.74, 6) is 0.588. The van der Waals surface area contributed by atoms with Gasteiger partial charge in [-0.25, -0.2) is 0 Å². The highest BCUT2D eigenvalue weighted by molar-refractivity contribution is 9.10. The molecule has 1 aliphatic rings. The average Bonchev–Trinajstić information content (AvgIpc) is 2.35. The molecule has 5 N–H and O–H groups in total. The maximum absolute atomic E-state index is 10.0. The van der Waals surface area contributed by atoms with E-state index in [0.29, 0.717) is 11.6 Å². The topological polar surface area (TPSA) is 72.3 Å². The Kier molecular flexibility index (Phi) is 3.94. The van der Waals surface area contributed by atoms with Crippen LogP contribution in [-0.4, -0.2) is 5.11 Å². The first-order valence-corrected chi connectivity index (χ1v) is 6.93. The Hall–Kier alpha value is -0.740. The van der Waals surface area contributed by atoms with Gasteiger partial charge in [-0.15, -0.1) is 0 Å². The van der Waals surface area contributed by atoms with Crippen molar-refractivity contribution in [3.05, 3.63) is 22.2 Å². The van der Waals surface area contributed by atoms with Gasteiger partial charge in [0.25, 0.3) is 0 Å². The molecule has 0 heterocycles. The van der Waals surface area contributed by atoms with Crippen molar-refractivity contribution in [2.24, 2.45) is 11.7 Å². The van der Waals surface area contributed by atoms with E-state index in [-0.39, 0.29) is 11.8 Å². The molecule has 0 amide bonds. The normalized spacial score (nSPS) is 19.2. The zero-order valence-corrected chi connectivity index (χ0v) is 11.4. The van der Waals surface area contributed by atoms with E-state index in [1.807, 2.05) is 6.07 Å². The van der Waals surface area contributed by atoms with Crippen LogP contribution in [0.25, 0.3) is 0 Å². The highest BCUT2D eigenvalue weighted by atomic mass is 79.9. The van der Waals surface area contributed by atoms with Crippen molar-refractivity contribution >= 4 is 21.6 Å². The molecule has 0 spiro atoms. The number of benzene rings is 1. The predicted octanol–water partition coefficient (Wildman–Crippen LogP) is 3.32. The van der Waals surface area contributed by atoms with Gasteiger partial charge in [0, 0.05) is 16.1 Å². The average molecular weight is 299 g/mol. The van der Waals surface area contributed by atoms with Crippen LogP contribution in [0.15, 0.2) is 16.6 Å². The molecule has 17 heavy (non-hydrogen) atoms. The van der Waals surface area contributed by atoms with Gasteiger partial charge < -0.3 is 16.6 Å². The predicted molar refractivity (Wildman–Crippen MR) is 73.7 cm³/mol. The molecule has 1 saturated carbocycles. The summed E-state index contributed by atoms with van der Waals surface area (Å²) in [5, 5.41) is 10.0. The minimum atomic E-state index is -0.131. The smallest absolute Gasteiger partial charge is 0.144 e. The molecule has 0 radical (unpaired) electrons. The van der Waals surface area contributed by atoms with Crippen molar-refractivity contribution in [3.63, 3.8) is 0 Å². The van der Waals surface area contributed by atoms with Gasteiger partial charge in [-0.1, -0.05) is 35.2 Å². The summed E-state index contributed by atoms with van der Waals surface area (Å²) in [6.07, 6.45) is 6.05. The fraction of sp³-hybridized carbons (Fsp3) is 0.538. The highest BCUT2D eigenvalue weighted by Gasteiger charge is 2.26. The van der Waals surface area contributed by atoms with Crippen LogP contribution < -0.4 is 11.5 Å². The second kappa shape index (κ2) is 5.27. The van der Waals surface area contributed by atoms with E-state index in [4.69, 9.17) is 11.5 Å². The van der Waals surface area contributed by atoms with E-state index in [1.165, 1.54) is 19.3 Å². The number of aromatic hydroxyl groups is 1. The van der Waals surface area contributed by atoms with E-state index in [0.717, 1.165) is 22.9 Å².